The maximum atomic E-state index is 12.4. The zero-order valence-electron chi connectivity index (χ0n) is 16.9. The number of methoxy groups -OCH3 is 2. The van der Waals surface area contributed by atoms with Gasteiger partial charge in [-0.3, -0.25) is 9.79 Å². The molecular formula is C20H27IN4O4. The molecular weight excluding hydrogens is 487 g/mol. The van der Waals surface area contributed by atoms with Crippen molar-refractivity contribution < 1.29 is 18.7 Å². The van der Waals surface area contributed by atoms with Crippen LogP contribution in [-0.4, -0.2) is 69.1 Å². The van der Waals surface area contributed by atoms with Gasteiger partial charge >= 0.3 is 0 Å². The molecule has 1 N–H and O–H groups in total. The minimum absolute atomic E-state index is 0. The average molecular weight is 514 g/mol. The molecule has 0 saturated carbocycles. The SMILES string of the molecule is CN=C(NCc1ccc(OC)c(OC)c1)N1CCN(C(=O)c2ccco2)CC1.I. The van der Waals surface area contributed by atoms with Crippen LogP contribution in [0.5, 0.6) is 11.5 Å². The highest BCUT2D eigenvalue weighted by Gasteiger charge is 2.25. The quantitative estimate of drug-likeness (QED) is 0.375. The molecule has 0 radical (unpaired) electrons. The number of nitrogens with one attached hydrogen (secondary N) is 1. The number of guanidine groups is 1. The van der Waals surface area contributed by atoms with Crippen molar-refractivity contribution in [2.45, 2.75) is 6.54 Å². The number of hydrogen-bond acceptors (Lipinski definition) is 5. The van der Waals surface area contributed by atoms with Crippen molar-refractivity contribution in [3.8, 4) is 11.5 Å². The van der Waals surface area contributed by atoms with E-state index in [4.69, 9.17) is 13.9 Å². The largest absolute Gasteiger partial charge is 0.493 e. The third kappa shape index (κ3) is 5.55. The number of amides is 1. The maximum Gasteiger partial charge on any atom is 0.289 e. The number of halogens is 1. The molecule has 1 aliphatic heterocycles. The average Bonchev–Trinajstić information content (AvgIpc) is 3.29. The minimum atomic E-state index is -0.0714. The van der Waals surface area contributed by atoms with Crippen molar-refractivity contribution in [2.75, 3.05) is 47.4 Å². The predicted octanol–water partition coefficient (Wildman–Crippen LogP) is 2.45. The van der Waals surface area contributed by atoms with Gasteiger partial charge in [-0.1, -0.05) is 6.07 Å². The molecule has 0 aliphatic carbocycles. The van der Waals surface area contributed by atoms with Gasteiger partial charge < -0.3 is 29.0 Å². The fraction of sp³-hybridized carbons (Fsp3) is 0.400. The van der Waals surface area contributed by atoms with Crippen LogP contribution in [0, 0.1) is 0 Å². The summed E-state index contributed by atoms with van der Waals surface area (Å²) in [7, 11) is 5.00. The van der Waals surface area contributed by atoms with Crippen molar-refractivity contribution in [3.63, 3.8) is 0 Å². The first-order chi connectivity index (χ1) is 13.7. The highest BCUT2D eigenvalue weighted by atomic mass is 127. The van der Waals surface area contributed by atoms with E-state index < -0.39 is 0 Å². The second-order valence-electron chi connectivity index (χ2n) is 6.35. The van der Waals surface area contributed by atoms with Crippen LogP contribution in [0.2, 0.25) is 0 Å². The van der Waals surface area contributed by atoms with E-state index in [9.17, 15) is 4.79 Å². The van der Waals surface area contributed by atoms with Gasteiger partial charge in [-0.25, -0.2) is 0 Å². The van der Waals surface area contributed by atoms with E-state index in [1.54, 1.807) is 38.3 Å². The normalized spacial score (nSPS) is 14.2. The van der Waals surface area contributed by atoms with E-state index in [2.05, 4.69) is 15.2 Å². The predicted molar refractivity (Wildman–Crippen MR) is 121 cm³/mol. The zero-order valence-corrected chi connectivity index (χ0v) is 19.2. The molecule has 158 valence electrons. The van der Waals surface area contributed by atoms with Crippen LogP contribution < -0.4 is 14.8 Å². The van der Waals surface area contributed by atoms with Crippen molar-refractivity contribution in [1.29, 1.82) is 0 Å². The van der Waals surface area contributed by atoms with Crippen molar-refractivity contribution in [1.82, 2.24) is 15.1 Å². The van der Waals surface area contributed by atoms with Gasteiger partial charge in [-0.05, 0) is 29.8 Å². The fourth-order valence-electron chi connectivity index (χ4n) is 3.18. The summed E-state index contributed by atoms with van der Waals surface area (Å²) in [5, 5.41) is 3.37. The van der Waals surface area contributed by atoms with Crippen LogP contribution in [0.1, 0.15) is 16.1 Å². The number of nitrogens with zero attached hydrogens (tertiary/aromatic N) is 3. The van der Waals surface area contributed by atoms with Crippen LogP contribution in [0.3, 0.4) is 0 Å². The van der Waals surface area contributed by atoms with Crippen LogP contribution in [0.15, 0.2) is 46.0 Å². The molecule has 3 rings (SSSR count). The Hall–Kier alpha value is -2.43. The van der Waals surface area contributed by atoms with Gasteiger partial charge in [0.25, 0.3) is 5.91 Å². The maximum absolute atomic E-state index is 12.4. The van der Waals surface area contributed by atoms with Crippen LogP contribution in [-0.2, 0) is 6.54 Å². The second-order valence-corrected chi connectivity index (χ2v) is 6.35. The number of benzene rings is 1. The van der Waals surface area contributed by atoms with E-state index in [1.807, 2.05) is 18.2 Å². The fourth-order valence-corrected chi connectivity index (χ4v) is 3.18. The molecule has 0 bridgehead atoms. The molecule has 1 amide bonds. The number of piperazine rings is 1. The van der Waals surface area contributed by atoms with Gasteiger partial charge in [0.2, 0.25) is 0 Å². The Kier molecular flexibility index (Phi) is 8.62. The number of furan rings is 1. The second kappa shape index (κ2) is 10.9. The summed E-state index contributed by atoms with van der Waals surface area (Å²) in [4.78, 5) is 20.7. The zero-order chi connectivity index (χ0) is 19.9. The molecule has 0 spiro atoms. The highest BCUT2D eigenvalue weighted by molar-refractivity contribution is 14.0. The molecule has 9 heteroatoms. The van der Waals surface area contributed by atoms with Crippen molar-refractivity contribution in [3.05, 3.63) is 47.9 Å². The molecule has 2 aromatic rings. The number of hydrogen-bond donors (Lipinski definition) is 1. The molecule has 1 saturated heterocycles. The summed E-state index contributed by atoms with van der Waals surface area (Å²) in [6, 6.07) is 9.24. The number of carbonyl (C=O) groups excluding carboxylic acids is 1. The summed E-state index contributed by atoms with van der Waals surface area (Å²) >= 11 is 0. The number of carbonyl (C=O) groups is 1. The molecule has 2 heterocycles. The number of aliphatic imine (C=N–C) groups is 1. The van der Waals surface area contributed by atoms with Crippen LogP contribution in [0.4, 0.5) is 0 Å². The lowest BCUT2D eigenvalue weighted by Crippen LogP contribution is -2.53. The van der Waals surface area contributed by atoms with Gasteiger partial charge in [0.15, 0.2) is 23.2 Å². The monoisotopic (exact) mass is 514 g/mol. The standard InChI is InChI=1S/C20H26N4O4.HI/c1-21-20(22-14-15-6-7-16(26-2)18(13-15)27-3)24-10-8-23(9-11-24)19(25)17-5-4-12-28-17;/h4-7,12-13H,8-11,14H2,1-3H3,(H,21,22);1H. The van der Waals surface area contributed by atoms with Gasteiger partial charge in [0.1, 0.15) is 0 Å². The van der Waals surface area contributed by atoms with Crippen molar-refractivity contribution in [2.24, 2.45) is 4.99 Å². The third-order valence-corrected chi connectivity index (χ3v) is 4.71. The Morgan fingerprint density at radius 1 is 1.10 bits per heavy atom. The summed E-state index contributed by atoms with van der Waals surface area (Å²) in [6.45, 7) is 3.27. The van der Waals surface area contributed by atoms with Gasteiger partial charge in [0, 0.05) is 39.8 Å². The molecule has 8 nitrogen and oxygen atoms in total. The summed E-state index contributed by atoms with van der Waals surface area (Å²) in [6.07, 6.45) is 1.52. The first kappa shape index (κ1) is 22.9. The number of ether oxygens (including phenoxy) is 2. The Labute approximate surface area is 187 Å². The third-order valence-electron chi connectivity index (χ3n) is 4.71. The Bertz CT molecular complexity index is 818. The van der Waals surface area contributed by atoms with Crippen LogP contribution >= 0.6 is 24.0 Å². The molecule has 1 fully saturated rings. The molecule has 1 aliphatic rings. The lowest BCUT2D eigenvalue weighted by Gasteiger charge is -2.36. The summed E-state index contributed by atoms with van der Waals surface area (Å²) in [5.41, 5.74) is 1.06. The lowest BCUT2D eigenvalue weighted by atomic mass is 10.2. The van der Waals surface area contributed by atoms with E-state index >= 15 is 0 Å². The van der Waals surface area contributed by atoms with E-state index in [-0.39, 0.29) is 29.9 Å². The molecule has 1 aromatic heterocycles. The smallest absolute Gasteiger partial charge is 0.289 e. The number of rotatable bonds is 5. The summed E-state index contributed by atoms with van der Waals surface area (Å²) in [5.74, 6) is 2.51. The van der Waals surface area contributed by atoms with Crippen LogP contribution in [0.25, 0.3) is 0 Å². The first-order valence-electron chi connectivity index (χ1n) is 9.15. The lowest BCUT2D eigenvalue weighted by molar-refractivity contribution is 0.0657. The molecule has 1 aromatic carbocycles. The molecule has 0 atom stereocenters. The topological polar surface area (TPSA) is 79.5 Å². The van der Waals surface area contributed by atoms with E-state index in [0.717, 1.165) is 11.5 Å². The Morgan fingerprint density at radius 3 is 2.38 bits per heavy atom. The van der Waals surface area contributed by atoms with Gasteiger partial charge in [-0.15, -0.1) is 24.0 Å². The highest BCUT2D eigenvalue weighted by Crippen LogP contribution is 2.27. The van der Waals surface area contributed by atoms with Gasteiger partial charge in [-0.2, -0.15) is 0 Å². The van der Waals surface area contributed by atoms with Gasteiger partial charge in [0.05, 0.1) is 20.5 Å². The Morgan fingerprint density at radius 2 is 1.79 bits per heavy atom. The first-order valence-corrected chi connectivity index (χ1v) is 9.15. The molecule has 0 unspecified atom stereocenters. The Balaban J connectivity index is 0.00000300. The van der Waals surface area contributed by atoms with E-state index in [0.29, 0.717) is 50.0 Å². The van der Waals surface area contributed by atoms with E-state index in [1.165, 1.54) is 6.26 Å². The summed E-state index contributed by atoms with van der Waals surface area (Å²) < 4.78 is 15.8. The molecule has 29 heavy (non-hydrogen) atoms. The minimum Gasteiger partial charge on any atom is -0.493 e. The van der Waals surface area contributed by atoms with Crippen molar-refractivity contribution >= 4 is 35.8 Å².